The van der Waals surface area contributed by atoms with Crippen LogP contribution in [0.3, 0.4) is 0 Å². The standard InChI is InChI=1S/C23H34N6OS/c1-4-31-22-27-19(26-14(2)3)18-13-25-29(20(18)28-22)6-5-24-21(30)23-10-15-7-16(11-23)9-17(8-15)12-23/h13-17H,4-12H2,1-3H3,(H,24,30)(H,26,27,28). The van der Waals surface area contributed by atoms with Gasteiger partial charge in [0.1, 0.15) is 5.82 Å². The van der Waals surface area contributed by atoms with Crippen LogP contribution >= 0.6 is 11.8 Å². The van der Waals surface area contributed by atoms with Crippen LogP contribution in [0.5, 0.6) is 0 Å². The molecule has 8 heteroatoms. The molecule has 7 nitrogen and oxygen atoms in total. The Morgan fingerprint density at radius 1 is 1.19 bits per heavy atom. The fraction of sp³-hybridized carbons (Fsp3) is 0.739. The van der Waals surface area contributed by atoms with Crippen LogP contribution in [0.15, 0.2) is 11.4 Å². The summed E-state index contributed by atoms with van der Waals surface area (Å²) in [6.45, 7) is 7.52. The van der Waals surface area contributed by atoms with Crippen LogP contribution < -0.4 is 10.6 Å². The molecule has 4 aliphatic rings. The van der Waals surface area contributed by atoms with Crippen LogP contribution in [0.4, 0.5) is 5.82 Å². The van der Waals surface area contributed by atoms with Crippen molar-refractivity contribution in [3.8, 4) is 0 Å². The van der Waals surface area contributed by atoms with Gasteiger partial charge in [0.15, 0.2) is 10.8 Å². The van der Waals surface area contributed by atoms with Gasteiger partial charge in [-0.15, -0.1) is 0 Å². The average Bonchev–Trinajstić information content (AvgIpc) is 3.10. The lowest BCUT2D eigenvalue weighted by Gasteiger charge is -2.55. The fourth-order valence-electron chi connectivity index (χ4n) is 6.53. The number of nitrogens with zero attached hydrogens (tertiary/aromatic N) is 4. The van der Waals surface area contributed by atoms with Crippen LogP contribution in [0.25, 0.3) is 11.0 Å². The molecule has 0 atom stereocenters. The van der Waals surface area contributed by atoms with E-state index in [0.717, 1.165) is 64.8 Å². The molecule has 0 unspecified atom stereocenters. The molecule has 0 aliphatic heterocycles. The summed E-state index contributed by atoms with van der Waals surface area (Å²) in [4.78, 5) is 22.6. The highest BCUT2D eigenvalue weighted by Crippen LogP contribution is 2.60. The van der Waals surface area contributed by atoms with Crippen LogP contribution in [0.2, 0.25) is 0 Å². The maximum atomic E-state index is 13.2. The molecule has 2 heterocycles. The van der Waals surface area contributed by atoms with Gasteiger partial charge in [0.25, 0.3) is 0 Å². The van der Waals surface area contributed by atoms with Gasteiger partial charge >= 0.3 is 0 Å². The average molecular weight is 443 g/mol. The SMILES string of the molecule is CCSc1nc(NC(C)C)c2cnn(CCNC(=O)C34CC5CC(CC(C5)C3)C4)c2n1. The number of anilines is 1. The molecule has 1 amide bonds. The minimum atomic E-state index is -0.0948. The highest BCUT2D eigenvalue weighted by Gasteiger charge is 2.54. The minimum absolute atomic E-state index is 0.0948. The van der Waals surface area contributed by atoms with Crippen molar-refractivity contribution in [2.75, 3.05) is 17.6 Å². The molecule has 4 aliphatic carbocycles. The van der Waals surface area contributed by atoms with E-state index < -0.39 is 0 Å². The first-order valence-electron chi connectivity index (χ1n) is 11.9. The Kier molecular flexibility index (Phi) is 5.61. The Balaban J connectivity index is 1.29. The Bertz CT molecular complexity index is 935. The van der Waals surface area contributed by atoms with E-state index in [0.29, 0.717) is 13.1 Å². The topological polar surface area (TPSA) is 84.7 Å². The maximum Gasteiger partial charge on any atom is 0.226 e. The van der Waals surface area contributed by atoms with Crippen LogP contribution in [-0.4, -0.2) is 44.0 Å². The maximum absolute atomic E-state index is 13.2. The molecule has 2 aromatic rings. The summed E-state index contributed by atoms with van der Waals surface area (Å²) in [5.74, 6) is 4.38. The number of fused-ring (bicyclic) bond motifs is 1. The van der Waals surface area contributed by atoms with Crippen LogP contribution in [-0.2, 0) is 11.3 Å². The van der Waals surface area contributed by atoms with Crippen molar-refractivity contribution in [3.63, 3.8) is 0 Å². The number of hydrogen-bond acceptors (Lipinski definition) is 6. The van der Waals surface area contributed by atoms with Crippen LogP contribution in [0.1, 0.15) is 59.3 Å². The number of rotatable bonds is 8. The predicted octanol–water partition coefficient (Wildman–Crippen LogP) is 4.09. The van der Waals surface area contributed by atoms with E-state index in [4.69, 9.17) is 4.98 Å². The van der Waals surface area contributed by atoms with Gasteiger partial charge in [0.2, 0.25) is 5.91 Å². The normalized spacial score (nSPS) is 29.1. The molecule has 4 saturated carbocycles. The van der Waals surface area contributed by atoms with E-state index in [1.807, 2.05) is 10.9 Å². The number of carbonyl (C=O) groups excluding carboxylic acids is 1. The second kappa shape index (κ2) is 8.26. The number of carbonyl (C=O) groups is 1. The smallest absolute Gasteiger partial charge is 0.226 e. The number of thioether (sulfide) groups is 1. The summed E-state index contributed by atoms with van der Waals surface area (Å²) in [5, 5.41) is 12.9. The first kappa shape index (κ1) is 21.0. The quantitative estimate of drug-likeness (QED) is 0.473. The number of aromatic nitrogens is 4. The van der Waals surface area contributed by atoms with E-state index in [-0.39, 0.29) is 17.4 Å². The summed E-state index contributed by atoms with van der Waals surface area (Å²) in [6.07, 6.45) is 9.21. The highest BCUT2D eigenvalue weighted by molar-refractivity contribution is 7.99. The van der Waals surface area contributed by atoms with Crippen molar-refractivity contribution in [1.82, 2.24) is 25.1 Å². The fourth-order valence-corrected chi connectivity index (χ4v) is 7.09. The van der Waals surface area contributed by atoms with Crippen molar-refractivity contribution >= 4 is 34.5 Å². The Morgan fingerprint density at radius 2 is 1.87 bits per heavy atom. The molecular formula is C23H34N6OS. The van der Waals surface area contributed by atoms with E-state index in [2.05, 4.69) is 41.5 Å². The molecule has 31 heavy (non-hydrogen) atoms. The molecule has 0 spiro atoms. The molecule has 6 rings (SSSR count). The van der Waals surface area contributed by atoms with Gasteiger partial charge in [0, 0.05) is 18.0 Å². The lowest BCUT2D eigenvalue weighted by Crippen LogP contribution is -2.53. The summed E-state index contributed by atoms with van der Waals surface area (Å²) < 4.78 is 1.90. The van der Waals surface area contributed by atoms with Crippen molar-refractivity contribution < 1.29 is 4.79 Å². The lowest BCUT2D eigenvalue weighted by molar-refractivity contribution is -0.146. The third-order valence-electron chi connectivity index (χ3n) is 7.30. The molecule has 0 radical (unpaired) electrons. The molecular weight excluding hydrogens is 408 g/mol. The second-order valence-electron chi connectivity index (χ2n) is 10.1. The monoisotopic (exact) mass is 442 g/mol. The molecule has 2 N–H and O–H groups in total. The van der Waals surface area contributed by atoms with E-state index >= 15 is 0 Å². The zero-order valence-electron chi connectivity index (χ0n) is 18.9. The third-order valence-corrected chi connectivity index (χ3v) is 8.03. The van der Waals surface area contributed by atoms with Gasteiger partial charge in [-0.2, -0.15) is 5.10 Å². The summed E-state index contributed by atoms with van der Waals surface area (Å²) >= 11 is 1.63. The van der Waals surface area contributed by atoms with Crippen molar-refractivity contribution in [2.45, 2.75) is 77.0 Å². The predicted molar refractivity (Wildman–Crippen MR) is 124 cm³/mol. The van der Waals surface area contributed by atoms with Gasteiger partial charge < -0.3 is 10.6 Å². The van der Waals surface area contributed by atoms with E-state index in [1.165, 1.54) is 19.3 Å². The molecule has 0 saturated heterocycles. The largest absolute Gasteiger partial charge is 0.367 e. The molecule has 4 fully saturated rings. The lowest BCUT2D eigenvalue weighted by atomic mass is 9.49. The van der Waals surface area contributed by atoms with Crippen LogP contribution in [0, 0.1) is 23.2 Å². The number of nitrogens with one attached hydrogen (secondary N) is 2. The van der Waals surface area contributed by atoms with Gasteiger partial charge in [0.05, 0.1) is 18.1 Å². The Morgan fingerprint density at radius 3 is 2.48 bits per heavy atom. The zero-order valence-corrected chi connectivity index (χ0v) is 19.7. The van der Waals surface area contributed by atoms with E-state index in [9.17, 15) is 4.79 Å². The molecule has 168 valence electrons. The molecule has 0 aromatic carbocycles. The molecule has 4 bridgehead atoms. The van der Waals surface area contributed by atoms with Gasteiger partial charge in [-0.1, -0.05) is 18.7 Å². The third kappa shape index (κ3) is 4.03. The van der Waals surface area contributed by atoms with Crippen molar-refractivity contribution in [2.24, 2.45) is 23.2 Å². The summed E-state index contributed by atoms with van der Waals surface area (Å²) in [6, 6.07) is 0.278. The zero-order chi connectivity index (χ0) is 21.6. The summed E-state index contributed by atoms with van der Waals surface area (Å²) in [7, 11) is 0. The van der Waals surface area contributed by atoms with Gasteiger partial charge in [-0.05, 0) is 75.9 Å². The number of amides is 1. The molecule has 2 aromatic heterocycles. The van der Waals surface area contributed by atoms with Crippen molar-refractivity contribution in [3.05, 3.63) is 6.20 Å². The number of hydrogen-bond donors (Lipinski definition) is 2. The van der Waals surface area contributed by atoms with Crippen molar-refractivity contribution in [1.29, 1.82) is 0 Å². The first-order chi connectivity index (χ1) is 15.0. The Labute approximate surface area is 188 Å². The Hall–Kier alpha value is -1.83. The van der Waals surface area contributed by atoms with E-state index in [1.54, 1.807) is 11.8 Å². The van der Waals surface area contributed by atoms with Gasteiger partial charge in [-0.25, -0.2) is 14.6 Å². The van der Waals surface area contributed by atoms with Gasteiger partial charge in [-0.3, -0.25) is 4.79 Å². The first-order valence-corrected chi connectivity index (χ1v) is 12.9. The summed E-state index contributed by atoms with van der Waals surface area (Å²) in [5.41, 5.74) is 0.737. The second-order valence-corrected chi connectivity index (χ2v) is 11.4. The minimum Gasteiger partial charge on any atom is -0.367 e. The highest BCUT2D eigenvalue weighted by atomic mass is 32.2.